The fraction of sp³-hybridized carbons (Fsp3) is 0.273. The average Bonchev–Trinajstić information content (AvgIpc) is 2.18. The molecule has 1 aromatic rings. The number of nitrogens with two attached hydrogens (primary N) is 1. The van der Waals surface area contributed by atoms with Crippen LogP contribution in [0.3, 0.4) is 0 Å². The van der Waals surface area contributed by atoms with E-state index in [4.69, 9.17) is 28.9 Å². The highest BCUT2D eigenvalue weighted by Gasteiger charge is 2.02. The number of allylic oxidation sites excluding steroid dienone is 1. The van der Waals surface area contributed by atoms with E-state index in [0.29, 0.717) is 11.6 Å². The van der Waals surface area contributed by atoms with E-state index in [1.165, 1.54) is 0 Å². The van der Waals surface area contributed by atoms with Gasteiger partial charge in [-0.15, -0.1) is 0 Å². The maximum Gasteiger partial charge on any atom is 0.0481 e. The second-order valence-corrected chi connectivity index (χ2v) is 3.93. The van der Waals surface area contributed by atoms with Crippen molar-refractivity contribution < 1.29 is 0 Å². The van der Waals surface area contributed by atoms with Gasteiger partial charge in [0.1, 0.15) is 0 Å². The van der Waals surface area contributed by atoms with Crippen molar-refractivity contribution in [2.75, 3.05) is 6.54 Å². The van der Waals surface area contributed by atoms with Crippen molar-refractivity contribution in [2.45, 2.75) is 13.3 Å². The smallest absolute Gasteiger partial charge is 0.0481 e. The Morgan fingerprint density at radius 1 is 1.43 bits per heavy atom. The Kier molecular flexibility index (Phi) is 4.46. The van der Waals surface area contributed by atoms with Gasteiger partial charge in [0, 0.05) is 10.0 Å². The maximum absolute atomic E-state index is 6.04. The minimum absolute atomic E-state index is 0.648. The number of halogens is 2. The van der Waals surface area contributed by atoms with Gasteiger partial charge in [-0.2, -0.15) is 0 Å². The first-order chi connectivity index (χ1) is 6.65. The fourth-order valence-electron chi connectivity index (χ4n) is 1.21. The molecule has 0 unspecified atom stereocenters. The molecule has 0 radical (unpaired) electrons. The third kappa shape index (κ3) is 3.02. The van der Waals surface area contributed by atoms with E-state index in [9.17, 15) is 0 Å². The molecule has 0 heterocycles. The Hall–Kier alpha value is -0.500. The van der Waals surface area contributed by atoms with Gasteiger partial charge < -0.3 is 5.73 Å². The standard InChI is InChI=1S/C11H13Cl2N/c1-8(3-2-6-14)10-7-9(12)4-5-11(10)13/h3-5,7H,2,6,14H2,1H3/b8-3-. The van der Waals surface area contributed by atoms with E-state index < -0.39 is 0 Å². The summed E-state index contributed by atoms with van der Waals surface area (Å²) in [5.74, 6) is 0. The molecule has 1 nitrogen and oxygen atoms in total. The van der Waals surface area contributed by atoms with Crippen molar-refractivity contribution in [3.05, 3.63) is 39.9 Å². The summed E-state index contributed by atoms with van der Waals surface area (Å²) in [5.41, 5.74) is 7.51. The van der Waals surface area contributed by atoms with Crippen LogP contribution in [0.15, 0.2) is 24.3 Å². The summed E-state index contributed by atoms with van der Waals surface area (Å²) in [6, 6.07) is 5.45. The van der Waals surface area contributed by atoms with Gasteiger partial charge in [0.05, 0.1) is 0 Å². The highest BCUT2D eigenvalue weighted by atomic mass is 35.5. The summed E-state index contributed by atoms with van der Waals surface area (Å²) in [4.78, 5) is 0. The van der Waals surface area contributed by atoms with Gasteiger partial charge in [0.25, 0.3) is 0 Å². The Labute approximate surface area is 94.5 Å². The van der Waals surface area contributed by atoms with Gasteiger partial charge in [-0.25, -0.2) is 0 Å². The summed E-state index contributed by atoms with van der Waals surface area (Å²) < 4.78 is 0. The second-order valence-electron chi connectivity index (χ2n) is 3.09. The molecule has 0 saturated carbocycles. The van der Waals surface area contributed by atoms with Crippen LogP contribution < -0.4 is 5.73 Å². The van der Waals surface area contributed by atoms with E-state index >= 15 is 0 Å². The summed E-state index contributed by atoms with van der Waals surface area (Å²) in [6.45, 7) is 2.66. The van der Waals surface area contributed by atoms with E-state index in [1.807, 2.05) is 13.0 Å². The van der Waals surface area contributed by atoms with Crippen LogP contribution in [-0.4, -0.2) is 6.54 Å². The number of hydrogen-bond donors (Lipinski definition) is 1. The van der Waals surface area contributed by atoms with Gasteiger partial charge >= 0.3 is 0 Å². The monoisotopic (exact) mass is 229 g/mol. The molecule has 0 bridgehead atoms. The zero-order valence-corrected chi connectivity index (χ0v) is 9.57. The molecule has 0 atom stereocenters. The molecule has 0 spiro atoms. The maximum atomic E-state index is 6.04. The second kappa shape index (κ2) is 5.40. The predicted octanol–water partition coefficient (Wildman–Crippen LogP) is 3.75. The van der Waals surface area contributed by atoms with E-state index in [-0.39, 0.29) is 0 Å². The molecule has 0 aliphatic heterocycles. The highest BCUT2D eigenvalue weighted by molar-refractivity contribution is 6.34. The van der Waals surface area contributed by atoms with Crippen molar-refractivity contribution in [3.8, 4) is 0 Å². The minimum atomic E-state index is 0.648. The lowest BCUT2D eigenvalue weighted by Crippen LogP contribution is -1.96. The molecule has 76 valence electrons. The molecule has 0 aliphatic rings. The van der Waals surface area contributed by atoms with Crippen molar-refractivity contribution in [2.24, 2.45) is 5.73 Å². The molecule has 0 fully saturated rings. The largest absolute Gasteiger partial charge is 0.330 e. The molecular formula is C11H13Cl2N. The average molecular weight is 230 g/mol. The number of rotatable bonds is 3. The van der Waals surface area contributed by atoms with Crippen LogP contribution in [0.2, 0.25) is 10.0 Å². The summed E-state index contributed by atoms with van der Waals surface area (Å²) in [7, 11) is 0. The van der Waals surface area contributed by atoms with Crippen molar-refractivity contribution in [1.82, 2.24) is 0 Å². The molecule has 3 heteroatoms. The van der Waals surface area contributed by atoms with Crippen molar-refractivity contribution >= 4 is 28.8 Å². The van der Waals surface area contributed by atoms with Crippen LogP contribution in [0, 0.1) is 0 Å². The first-order valence-electron chi connectivity index (χ1n) is 4.47. The van der Waals surface area contributed by atoms with E-state index in [1.54, 1.807) is 12.1 Å². The first kappa shape index (κ1) is 11.6. The Bertz CT molecular complexity index is 345. The Morgan fingerprint density at radius 2 is 2.14 bits per heavy atom. The quantitative estimate of drug-likeness (QED) is 0.840. The van der Waals surface area contributed by atoms with Crippen LogP contribution in [0.25, 0.3) is 5.57 Å². The lowest BCUT2D eigenvalue weighted by Gasteiger charge is -2.05. The lowest BCUT2D eigenvalue weighted by molar-refractivity contribution is 1.01. The van der Waals surface area contributed by atoms with Crippen LogP contribution in [0.1, 0.15) is 18.9 Å². The summed E-state index contributed by atoms with van der Waals surface area (Å²) in [6.07, 6.45) is 2.92. The highest BCUT2D eigenvalue weighted by Crippen LogP contribution is 2.26. The molecule has 0 aromatic heterocycles. The third-order valence-corrected chi connectivity index (χ3v) is 2.54. The van der Waals surface area contributed by atoms with Gasteiger partial charge in [-0.05, 0) is 49.2 Å². The van der Waals surface area contributed by atoms with Crippen molar-refractivity contribution in [1.29, 1.82) is 0 Å². The van der Waals surface area contributed by atoms with Gasteiger partial charge in [-0.1, -0.05) is 29.3 Å². The zero-order chi connectivity index (χ0) is 10.6. The summed E-state index contributed by atoms with van der Waals surface area (Å²) >= 11 is 11.9. The van der Waals surface area contributed by atoms with Gasteiger partial charge in [0.2, 0.25) is 0 Å². The SMILES string of the molecule is C/C(=C/CCN)c1cc(Cl)ccc1Cl. The number of hydrogen-bond acceptors (Lipinski definition) is 1. The predicted molar refractivity (Wildman–Crippen MR) is 63.8 cm³/mol. The lowest BCUT2D eigenvalue weighted by atomic mass is 10.1. The van der Waals surface area contributed by atoms with E-state index in [0.717, 1.165) is 22.6 Å². The third-order valence-electron chi connectivity index (χ3n) is 1.97. The topological polar surface area (TPSA) is 26.0 Å². The molecule has 1 aromatic carbocycles. The molecule has 0 amide bonds. The summed E-state index contributed by atoms with van der Waals surface area (Å²) in [5, 5.41) is 1.42. The number of benzene rings is 1. The minimum Gasteiger partial charge on any atom is -0.330 e. The van der Waals surface area contributed by atoms with Crippen LogP contribution in [0.5, 0.6) is 0 Å². The molecule has 0 aliphatic carbocycles. The van der Waals surface area contributed by atoms with Crippen LogP contribution in [-0.2, 0) is 0 Å². The van der Waals surface area contributed by atoms with Gasteiger partial charge in [-0.3, -0.25) is 0 Å². The Morgan fingerprint density at radius 3 is 2.79 bits per heavy atom. The first-order valence-corrected chi connectivity index (χ1v) is 5.23. The normalized spacial score (nSPS) is 11.9. The molecule has 14 heavy (non-hydrogen) atoms. The fourth-order valence-corrected chi connectivity index (χ4v) is 1.65. The van der Waals surface area contributed by atoms with Gasteiger partial charge in [0.15, 0.2) is 0 Å². The molecule has 2 N–H and O–H groups in total. The van der Waals surface area contributed by atoms with E-state index in [2.05, 4.69) is 6.08 Å². The van der Waals surface area contributed by atoms with Crippen LogP contribution >= 0.6 is 23.2 Å². The zero-order valence-electron chi connectivity index (χ0n) is 8.06. The molecule has 1 rings (SSSR count). The molecule has 0 saturated heterocycles. The van der Waals surface area contributed by atoms with Crippen LogP contribution in [0.4, 0.5) is 0 Å². The Balaban J connectivity index is 2.99. The molecular weight excluding hydrogens is 217 g/mol. The van der Waals surface area contributed by atoms with Crippen molar-refractivity contribution in [3.63, 3.8) is 0 Å².